The van der Waals surface area contributed by atoms with E-state index in [1.54, 1.807) is 18.9 Å². The lowest BCUT2D eigenvalue weighted by atomic mass is 10.0. The van der Waals surface area contributed by atoms with Crippen molar-refractivity contribution < 1.29 is 19.1 Å². The van der Waals surface area contributed by atoms with Gasteiger partial charge in [0.1, 0.15) is 11.9 Å². The zero-order valence-electron chi connectivity index (χ0n) is 19.3. The lowest BCUT2D eigenvalue weighted by Gasteiger charge is -2.11. The van der Waals surface area contributed by atoms with Crippen LogP contribution in [0.2, 0.25) is 0 Å². The van der Waals surface area contributed by atoms with Crippen LogP contribution in [0.3, 0.4) is 0 Å². The molecule has 0 fully saturated rings. The first-order valence-electron chi connectivity index (χ1n) is 11.0. The predicted molar refractivity (Wildman–Crippen MR) is 127 cm³/mol. The summed E-state index contributed by atoms with van der Waals surface area (Å²) in [5.74, 6) is 1.31. The molecule has 0 radical (unpaired) electrons. The Labute approximate surface area is 192 Å². The third-order valence-corrected chi connectivity index (χ3v) is 5.85. The van der Waals surface area contributed by atoms with Gasteiger partial charge in [-0.15, -0.1) is 0 Å². The second-order valence-corrected chi connectivity index (χ2v) is 7.85. The van der Waals surface area contributed by atoms with E-state index in [1.165, 1.54) is 5.56 Å². The molecule has 0 saturated carbocycles. The van der Waals surface area contributed by atoms with E-state index in [4.69, 9.17) is 9.47 Å². The predicted octanol–water partition coefficient (Wildman–Crippen LogP) is 4.21. The summed E-state index contributed by atoms with van der Waals surface area (Å²) in [7, 11) is 3.16. The molecular weight excluding hydrogens is 420 g/mol. The van der Waals surface area contributed by atoms with Gasteiger partial charge >= 0.3 is 0 Å². The number of ether oxygens (including phenoxy) is 2. The van der Waals surface area contributed by atoms with Gasteiger partial charge in [-0.05, 0) is 48.2 Å². The largest absolute Gasteiger partial charge is 0.493 e. The van der Waals surface area contributed by atoms with E-state index < -0.39 is 6.04 Å². The number of carbonyl (C=O) groups excluding carboxylic acids is 2. The zero-order valence-corrected chi connectivity index (χ0v) is 19.3. The Balaban J connectivity index is 1.61. The van der Waals surface area contributed by atoms with E-state index in [9.17, 15) is 9.59 Å². The van der Waals surface area contributed by atoms with E-state index in [2.05, 4.69) is 22.7 Å². The summed E-state index contributed by atoms with van der Waals surface area (Å²) in [6.45, 7) is 4.08. The normalized spacial score (nSPS) is 14.5. The molecule has 8 heteroatoms. The summed E-state index contributed by atoms with van der Waals surface area (Å²) in [6.07, 6.45) is 1.59. The standard InChI is InChI=1S/C25H28N4O4/c1-5-15-7-10-17(11-8-15)26-22(30)14-19-25(31)27-24-23(18(6-2)28-29(19)24)16-9-12-20(32-3)21(13-16)33-4/h7-13,19H,5-6,14H2,1-4H3,(H,26,30)(H,27,31). The Morgan fingerprint density at radius 3 is 2.42 bits per heavy atom. The van der Waals surface area contributed by atoms with E-state index in [0.29, 0.717) is 29.4 Å². The van der Waals surface area contributed by atoms with Crippen LogP contribution >= 0.6 is 0 Å². The van der Waals surface area contributed by atoms with Crippen molar-refractivity contribution in [3.63, 3.8) is 0 Å². The maximum atomic E-state index is 12.8. The van der Waals surface area contributed by atoms with Crippen LogP contribution in [0.15, 0.2) is 42.5 Å². The zero-order chi connectivity index (χ0) is 23.5. The van der Waals surface area contributed by atoms with Gasteiger partial charge in [0.2, 0.25) is 5.91 Å². The summed E-state index contributed by atoms with van der Waals surface area (Å²) >= 11 is 0. The Kier molecular flexibility index (Phi) is 6.35. The van der Waals surface area contributed by atoms with Gasteiger partial charge in [0.15, 0.2) is 11.5 Å². The van der Waals surface area contributed by atoms with Crippen molar-refractivity contribution in [2.75, 3.05) is 24.9 Å². The second kappa shape index (κ2) is 9.36. The van der Waals surface area contributed by atoms with Gasteiger partial charge in [-0.3, -0.25) is 9.59 Å². The highest BCUT2D eigenvalue weighted by atomic mass is 16.5. The average Bonchev–Trinajstić information content (AvgIpc) is 3.33. The lowest BCUT2D eigenvalue weighted by Crippen LogP contribution is -2.24. The number of aryl methyl sites for hydroxylation is 2. The number of nitrogens with one attached hydrogen (secondary N) is 2. The van der Waals surface area contributed by atoms with Gasteiger partial charge < -0.3 is 20.1 Å². The highest BCUT2D eigenvalue weighted by Gasteiger charge is 2.37. The van der Waals surface area contributed by atoms with Gasteiger partial charge in [-0.25, -0.2) is 4.68 Å². The first-order valence-corrected chi connectivity index (χ1v) is 11.0. The van der Waals surface area contributed by atoms with Crippen LogP contribution in [0.5, 0.6) is 11.5 Å². The molecule has 2 heterocycles. The van der Waals surface area contributed by atoms with Crippen LogP contribution in [0.4, 0.5) is 11.5 Å². The van der Waals surface area contributed by atoms with Gasteiger partial charge in [-0.2, -0.15) is 5.10 Å². The first-order chi connectivity index (χ1) is 16.0. The van der Waals surface area contributed by atoms with Crippen molar-refractivity contribution in [2.45, 2.75) is 39.2 Å². The Hall–Kier alpha value is -3.81. The minimum atomic E-state index is -0.714. The molecule has 2 amide bonds. The monoisotopic (exact) mass is 448 g/mol. The molecule has 172 valence electrons. The molecule has 0 saturated heterocycles. The molecule has 0 spiro atoms. The topological polar surface area (TPSA) is 94.5 Å². The quantitative estimate of drug-likeness (QED) is 0.538. The SMILES string of the molecule is CCc1ccc(NC(=O)CC2C(=O)Nc3c(-c4ccc(OC)c(OC)c4)c(CC)nn32)cc1. The number of rotatable bonds is 8. The van der Waals surface area contributed by atoms with Crippen LogP contribution < -0.4 is 20.1 Å². The van der Waals surface area contributed by atoms with Crippen LogP contribution in [0, 0.1) is 0 Å². The lowest BCUT2D eigenvalue weighted by molar-refractivity contribution is -0.123. The highest BCUT2D eigenvalue weighted by molar-refractivity contribution is 6.04. The summed E-state index contributed by atoms with van der Waals surface area (Å²) in [6, 6.07) is 12.6. The summed E-state index contributed by atoms with van der Waals surface area (Å²) in [4.78, 5) is 25.5. The number of benzene rings is 2. The van der Waals surface area contributed by atoms with Crippen LogP contribution in [-0.2, 0) is 22.4 Å². The van der Waals surface area contributed by atoms with E-state index in [0.717, 1.165) is 23.2 Å². The highest BCUT2D eigenvalue weighted by Crippen LogP contribution is 2.41. The minimum Gasteiger partial charge on any atom is -0.493 e. The third kappa shape index (κ3) is 4.28. The maximum absolute atomic E-state index is 12.8. The number of hydrogen-bond acceptors (Lipinski definition) is 5. The molecule has 0 bridgehead atoms. The molecular formula is C25H28N4O4. The smallest absolute Gasteiger partial charge is 0.251 e. The number of carbonyl (C=O) groups is 2. The number of fused-ring (bicyclic) bond motifs is 1. The van der Waals surface area contributed by atoms with Crippen molar-refractivity contribution >= 4 is 23.3 Å². The molecule has 1 aliphatic rings. The van der Waals surface area contributed by atoms with Crippen molar-refractivity contribution in [1.82, 2.24) is 9.78 Å². The van der Waals surface area contributed by atoms with Gasteiger partial charge in [-0.1, -0.05) is 32.0 Å². The van der Waals surface area contributed by atoms with Crippen molar-refractivity contribution in [3.05, 3.63) is 53.7 Å². The van der Waals surface area contributed by atoms with Gasteiger partial charge in [0.05, 0.1) is 26.3 Å². The number of amides is 2. The molecule has 2 N–H and O–H groups in total. The minimum absolute atomic E-state index is 0.00935. The number of methoxy groups -OCH3 is 2. The first kappa shape index (κ1) is 22.4. The van der Waals surface area contributed by atoms with Crippen molar-refractivity contribution in [2.24, 2.45) is 0 Å². The number of hydrogen-bond donors (Lipinski definition) is 2. The fraction of sp³-hybridized carbons (Fsp3) is 0.320. The molecule has 2 aromatic carbocycles. The molecule has 4 rings (SSSR count). The Bertz CT molecular complexity index is 1180. The number of anilines is 2. The van der Waals surface area contributed by atoms with E-state index >= 15 is 0 Å². The van der Waals surface area contributed by atoms with Crippen LogP contribution in [-0.4, -0.2) is 35.8 Å². The number of nitrogens with zero attached hydrogens (tertiary/aromatic N) is 2. The summed E-state index contributed by atoms with van der Waals surface area (Å²) in [5, 5.41) is 10.5. The van der Waals surface area contributed by atoms with Gasteiger partial charge in [0.25, 0.3) is 5.91 Å². The third-order valence-electron chi connectivity index (χ3n) is 5.85. The van der Waals surface area contributed by atoms with Crippen molar-refractivity contribution in [1.29, 1.82) is 0 Å². The second-order valence-electron chi connectivity index (χ2n) is 7.85. The molecule has 1 atom stereocenters. The average molecular weight is 449 g/mol. The Morgan fingerprint density at radius 1 is 1.06 bits per heavy atom. The molecule has 3 aromatic rings. The summed E-state index contributed by atoms with van der Waals surface area (Å²) in [5.41, 5.74) is 4.41. The molecule has 1 aromatic heterocycles. The molecule has 0 aliphatic carbocycles. The molecule has 33 heavy (non-hydrogen) atoms. The van der Waals surface area contributed by atoms with E-state index in [-0.39, 0.29) is 18.2 Å². The summed E-state index contributed by atoms with van der Waals surface area (Å²) < 4.78 is 12.4. The molecule has 1 aliphatic heterocycles. The van der Waals surface area contributed by atoms with Crippen LogP contribution in [0.25, 0.3) is 11.1 Å². The fourth-order valence-corrected chi connectivity index (χ4v) is 4.07. The number of aromatic nitrogens is 2. The molecule has 8 nitrogen and oxygen atoms in total. The fourth-order valence-electron chi connectivity index (χ4n) is 4.07. The van der Waals surface area contributed by atoms with E-state index in [1.807, 2.05) is 49.4 Å². The Morgan fingerprint density at radius 2 is 1.79 bits per heavy atom. The van der Waals surface area contributed by atoms with Gasteiger partial charge in [0, 0.05) is 11.3 Å². The van der Waals surface area contributed by atoms with Crippen LogP contribution in [0.1, 0.15) is 37.6 Å². The molecule has 1 unspecified atom stereocenters. The maximum Gasteiger partial charge on any atom is 0.251 e. The van der Waals surface area contributed by atoms with Crippen molar-refractivity contribution in [3.8, 4) is 22.6 Å².